The van der Waals surface area contributed by atoms with Crippen LogP contribution in [-0.4, -0.2) is 41.9 Å². The molecule has 316 valence electrons. The van der Waals surface area contributed by atoms with E-state index >= 15 is 0 Å². The standard InChI is InChI=1S/C48H83NO5S/c1-3-5-7-9-11-13-15-17-19-21-23-24-26-27-29-31-33-35-37-39-41-43-47(50)46(45-55(52,53)54)49-48(51)44-42-40-38-36-34-32-30-28-25-22-20-18-16-14-12-10-8-6-4-2/h6,8,12,14,18,20,25-28,33,35,41,43,46-47,50H,3-5,7,9-11,13,15-17,19,21-24,29-32,34,36-40,42,44-45H2,1-2H3,(H,49,51)(H,52,53,54)/b8-6-,14-12-,20-18-,27-26+,28-25-,35-33+,43-41+. The molecule has 0 aromatic carbocycles. The van der Waals surface area contributed by atoms with Crippen LogP contribution < -0.4 is 5.32 Å². The Balaban J connectivity index is 4.01. The molecule has 0 heterocycles. The van der Waals surface area contributed by atoms with Crippen molar-refractivity contribution in [2.45, 2.75) is 206 Å². The lowest BCUT2D eigenvalue weighted by Crippen LogP contribution is -2.46. The second-order valence-electron chi connectivity index (χ2n) is 14.9. The Morgan fingerprint density at radius 2 is 0.891 bits per heavy atom. The third-order valence-corrected chi connectivity index (χ3v) is 10.3. The van der Waals surface area contributed by atoms with E-state index in [2.05, 4.69) is 92.1 Å². The van der Waals surface area contributed by atoms with Gasteiger partial charge in [0.05, 0.1) is 17.9 Å². The lowest BCUT2D eigenvalue weighted by atomic mass is 10.1. The fraction of sp³-hybridized carbons (Fsp3) is 0.688. The van der Waals surface area contributed by atoms with Gasteiger partial charge in [-0.2, -0.15) is 8.42 Å². The van der Waals surface area contributed by atoms with E-state index in [1.54, 1.807) is 6.08 Å². The van der Waals surface area contributed by atoms with Crippen LogP contribution in [-0.2, 0) is 14.9 Å². The minimum Gasteiger partial charge on any atom is -0.387 e. The summed E-state index contributed by atoms with van der Waals surface area (Å²) in [6, 6.07) is -1.09. The Labute approximate surface area is 339 Å². The average molecular weight is 786 g/mol. The summed E-state index contributed by atoms with van der Waals surface area (Å²) in [5.41, 5.74) is 0. The molecule has 0 aliphatic carbocycles. The van der Waals surface area contributed by atoms with Crippen molar-refractivity contribution < 1.29 is 22.9 Å². The molecule has 0 saturated carbocycles. The van der Waals surface area contributed by atoms with Gasteiger partial charge in [-0.1, -0.05) is 189 Å². The molecule has 0 aliphatic heterocycles. The number of carbonyl (C=O) groups is 1. The Bertz CT molecular complexity index is 1180. The molecule has 0 bridgehead atoms. The number of aliphatic hydroxyl groups is 1. The summed E-state index contributed by atoms with van der Waals surface area (Å²) in [6.45, 7) is 4.42. The minimum absolute atomic E-state index is 0.264. The molecule has 1 amide bonds. The highest BCUT2D eigenvalue weighted by Crippen LogP contribution is 2.13. The van der Waals surface area contributed by atoms with E-state index in [1.807, 2.05) is 0 Å². The van der Waals surface area contributed by atoms with Crippen LogP contribution in [0.15, 0.2) is 85.1 Å². The smallest absolute Gasteiger partial charge is 0.267 e. The van der Waals surface area contributed by atoms with Crippen molar-refractivity contribution in [3.63, 3.8) is 0 Å². The van der Waals surface area contributed by atoms with E-state index in [9.17, 15) is 22.9 Å². The number of allylic oxidation sites excluding steroid dienone is 13. The molecule has 0 radical (unpaired) electrons. The Kier molecular flexibility index (Phi) is 39.3. The third kappa shape index (κ3) is 42.5. The first-order valence-electron chi connectivity index (χ1n) is 22.3. The molecule has 7 heteroatoms. The van der Waals surface area contributed by atoms with E-state index in [0.29, 0.717) is 12.8 Å². The summed E-state index contributed by atoms with van der Waals surface area (Å²) in [5.74, 6) is -1.04. The molecule has 0 spiro atoms. The summed E-state index contributed by atoms with van der Waals surface area (Å²) in [4.78, 5) is 12.5. The van der Waals surface area contributed by atoms with Gasteiger partial charge >= 0.3 is 0 Å². The van der Waals surface area contributed by atoms with Crippen LogP contribution in [0.25, 0.3) is 0 Å². The molecule has 0 aromatic rings. The van der Waals surface area contributed by atoms with Gasteiger partial charge in [0.25, 0.3) is 10.1 Å². The number of aliphatic hydroxyl groups excluding tert-OH is 1. The number of hydrogen-bond acceptors (Lipinski definition) is 4. The van der Waals surface area contributed by atoms with Gasteiger partial charge in [-0.25, -0.2) is 0 Å². The molecular weight excluding hydrogens is 703 g/mol. The maximum absolute atomic E-state index is 12.5. The van der Waals surface area contributed by atoms with Crippen molar-refractivity contribution in [2.24, 2.45) is 0 Å². The van der Waals surface area contributed by atoms with Crippen LogP contribution in [0.4, 0.5) is 0 Å². The van der Waals surface area contributed by atoms with E-state index in [-0.39, 0.29) is 12.3 Å². The number of carbonyl (C=O) groups excluding carboxylic acids is 1. The van der Waals surface area contributed by atoms with Gasteiger partial charge in [0.15, 0.2) is 0 Å². The summed E-state index contributed by atoms with van der Waals surface area (Å²) in [7, 11) is -4.37. The van der Waals surface area contributed by atoms with Crippen molar-refractivity contribution in [3.05, 3.63) is 85.1 Å². The van der Waals surface area contributed by atoms with Crippen molar-refractivity contribution in [1.29, 1.82) is 0 Å². The zero-order valence-electron chi connectivity index (χ0n) is 35.3. The molecule has 0 saturated heterocycles. The average Bonchev–Trinajstić information content (AvgIpc) is 3.15. The van der Waals surface area contributed by atoms with Gasteiger partial charge in [-0.3, -0.25) is 9.35 Å². The molecular formula is C48H83NO5S. The van der Waals surface area contributed by atoms with Gasteiger partial charge in [-0.15, -0.1) is 0 Å². The fourth-order valence-corrected chi connectivity index (χ4v) is 6.97. The predicted octanol–water partition coefficient (Wildman–Crippen LogP) is 13.6. The monoisotopic (exact) mass is 786 g/mol. The van der Waals surface area contributed by atoms with Crippen molar-refractivity contribution in [2.75, 3.05) is 5.75 Å². The Morgan fingerprint density at radius 3 is 1.36 bits per heavy atom. The van der Waals surface area contributed by atoms with E-state index in [0.717, 1.165) is 83.5 Å². The summed E-state index contributed by atoms with van der Waals surface area (Å²) < 4.78 is 32.6. The zero-order chi connectivity index (χ0) is 40.3. The molecule has 0 fully saturated rings. The second kappa shape index (κ2) is 41.2. The largest absolute Gasteiger partial charge is 0.387 e. The van der Waals surface area contributed by atoms with Crippen molar-refractivity contribution in [1.82, 2.24) is 5.32 Å². The SMILES string of the molecule is CC/C=C\C/C=C\C/C=C\C/C=C\CCCCCCCCC(=O)NC(CS(=O)(=O)O)C(O)/C=C/CC/C=C/CC/C=C/CCCCCCCCCCCCC. The molecule has 0 aromatic heterocycles. The lowest BCUT2D eigenvalue weighted by molar-refractivity contribution is -0.122. The molecule has 6 nitrogen and oxygen atoms in total. The van der Waals surface area contributed by atoms with E-state index < -0.39 is 28.0 Å². The molecule has 2 unspecified atom stereocenters. The Hall–Kier alpha value is -2.48. The fourth-order valence-electron chi connectivity index (χ4n) is 6.24. The quantitative estimate of drug-likeness (QED) is 0.0327. The zero-order valence-corrected chi connectivity index (χ0v) is 36.1. The van der Waals surface area contributed by atoms with Gasteiger partial charge in [-0.05, 0) is 83.5 Å². The number of rotatable bonds is 39. The molecule has 3 N–H and O–H groups in total. The number of amides is 1. The van der Waals surface area contributed by atoms with E-state index in [1.165, 1.54) is 83.1 Å². The van der Waals surface area contributed by atoms with Crippen LogP contribution in [0.3, 0.4) is 0 Å². The summed E-state index contributed by atoms with van der Waals surface area (Å²) in [6.07, 6.45) is 60.0. The van der Waals surface area contributed by atoms with Gasteiger partial charge in [0, 0.05) is 6.42 Å². The third-order valence-electron chi connectivity index (χ3n) is 9.53. The topological polar surface area (TPSA) is 104 Å². The predicted molar refractivity (Wildman–Crippen MR) is 239 cm³/mol. The first-order chi connectivity index (χ1) is 26.8. The van der Waals surface area contributed by atoms with Gasteiger partial charge < -0.3 is 10.4 Å². The van der Waals surface area contributed by atoms with Crippen LogP contribution in [0, 0.1) is 0 Å². The van der Waals surface area contributed by atoms with Crippen LogP contribution in [0.1, 0.15) is 194 Å². The molecule has 55 heavy (non-hydrogen) atoms. The second-order valence-corrected chi connectivity index (χ2v) is 16.4. The summed E-state index contributed by atoms with van der Waals surface area (Å²) in [5, 5.41) is 13.2. The maximum Gasteiger partial charge on any atom is 0.267 e. The highest BCUT2D eigenvalue weighted by atomic mass is 32.2. The van der Waals surface area contributed by atoms with Crippen molar-refractivity contribution >= 4 is 16.0 Å². The number of unbranched alkanes of at least 4 members (excludes halogenated alkanes) is 19. The minimum atomic E-state index is -4.37. The molecule has 2 atom stereocenters. The first-order valence-corrected chi connectivity index (χ1v) is 23.9. The van der Waals surface area contributed by atoms with E-state index in [4.69, 9.17) is 0 Å². The number of nitrogens with one attached hydrogen (secondary N) is 1. The first kappa shape index (κ1) is 52.5. The van der Waals surface area contributed by atoms with Gasteiger partial charge in [0.2, 0.25) is 5.91 Å². The van der Waals surface area contributed by atoms with Crippen LogP contribution in [0.5, 0.6) is 0 Å². The molecule has 0 rings (SSSR count). The highest BCUT2D eigenvalue weighted by molar-refractivity contribution is 7.85. The molecule has 0 aliphatic rings. The van der Waals surface area contributed by atoms with Crippen molar-refractivity contribution in [3.8, 4) is 0 Å². The van der Waals surface area contributed by atoms with Crippen LogP contribution >= 0.6 is 0 Å². The Morgan fingerprint density at radius 1 is 0.509 bits per heavy atom. The van der Waals surface area contributed by atoms with Gasteiger partial charge in [0.1, 0.15) is 0 Å². The van der Waals surface area contributed by atoms with Crippen LogP contribution in [0.2, 0.25) is 0 Å². The lowest BCUT2D eigenvalue weighted by Gasteiger charge is -2.21. The summed E-state index contributed by atoms with van der Waals surface area (Å²) >= 11 is 0. The highest BCUT2D eigenvalue weighted by Gasteiger charge is 2.24. The number of hydrogen-bond donors (Lipinski definition) is 3. The normalized spacial score (nSPS) is 14.0. The maximum atomic E-state index is 12.5.